The Morgan fingerprint density at radius 2 is 1.64 bits per heavy atom. The molecular formula is C16H33N2O3P. The van der Waals surface area contributed by atoms with Crippen molar-refractivity contribution in [2.45, 2.75) is 84.0 Å². The molecule has 2 rings (SSSR count). The van der Waals surface area contributed by atoms with Gasteiger partial charge in [-0.05, 0) is 61.3 Å². The first kappa shape index (κ1) is 18.6. The third-order valence-electron chi connectivity index (χ3n) is 4.45. The lowest BCUT2D eigenvalue weighted by Gasteiger charge is -2.53. The molecule has 0 saturated carbocycles. The first-order chi connectivity index (χ1) is 9.97. The van der Waals surface area contributed by atoms with Crippen LogP contribution in [0.5, 0.6) is 0 Å². The molecule has 0 spiro atoms. The molecule has 2 heterocycles. The van der Waals surface area contributed by atoms with Crippen molar-refractivity contribution in [3.05, 3.63) is 0 Å². The van der Waals surface area contributed by atoms with E-state index in [0.717, 1.165) is 26.0 Å². The molecule has 2 fully saturated rings. The highest BCUT2D eigenvalue weighted by Crippen LogP contribution is 2.54. The van der Waals surface area contributed by atoms with E-state index in [1.54, 1.807) is 7.11 Å². The van der Waals surface area contributed by atoms with Crippen molar-refractivity contribution < 1.29 is 13.9 Å². The molecule has 0 N–H and O–H groups in total. The zero-order valence-electron chi connectivity index (χ0n) is 15.5. The molecule has 0 bridgehead atoms. The molecule has 0 aromatic heterocycles. The summed E-state index contributed by atoms with van der Waals surface area (Å²) in [5, 5.41) is 2.12. The molecule has 2 aliphatic rings. The Bertz CT molecular complexity index is 377. The van der Waals surface area contributed by atoms with Gasteiger partial charge < -0.3 is 13.9 Å². The fraction of sp³-hybridized carbons (Fsp3) is 1.00. The molecule has 22 heavy (non-hydrogen) atoms. The molecule has 1 atom stereocenters. The first-order valence-corrected chi connectivity index (χ1v) is 9.32. The first-order valence-electron chi connectivity index (χ1n) is 8.19. The SMILES string of the molecule is CON1C(C)(C)CC(OP2OCCN2C(C)(C)C)CC1(C)C. The summed E-state index contributed by atoms with van der Waals surface area (Å²) < 4.78 is 14.7. The van der Waals surface area contributed by atoms with Crippen LogP contribution >= 0.6 is 8.53 Å². The van der Waals surface area contributed by atoms with Crippen molar-refractivity contribution in [1.29, 1.82) is 0 Å². The van der Waals surface area contributed by atoms with Crippen LogP contribution in [0.15, 0.2) is 0 Å². The third-order valence-corrected chi connectivity index (χ3v) is 6.53. The zero-order valence-corrected chi connectivity index (χ0v) is 16.4. The number of hydrogen-bond acceptors (Lipinski definition) is 5. The minimum absolute atomic E-state index is 0.0528. The van der Waals surface area contributed by atoms with Crippen LogP contribution in [-0.4, -0.2) is 52.7 Å². The third kappa shape index (κ3) is 3.82. The second-order valence-corrected chi connectivity index (χ2v) is 10.0. The quantitative estimate of drug-likeness (QED) is 0.731. The molecule has 6 heteroatoms. The molecule has 130 valence electrons. The topological polar surface area (TPSA) is 34.2 Å². The second-order valence-electron chi connectivity index (χ2n) is 8.60. The van der Waals surface area contributed by atoms with E-state index in [9.17, 15) is 0 Å². The van der Waals surface area contributed by atoms with Gasteiger partial charge >= 0.3 is 0 Å². The Kier molecular flexibility index (Phi) is 5.29. The largest absolute Gasteiger partial charge is 0.321 e. The summed E-state index contributed by atoms with van der Waals surface area (Å²) in [5.74, 6) is 0. The van der Waals surface area contributed by atoms with Gasteiger partial charge in [-0.15, -0.1) is 0 Å². The molecule has 0 aromatic carbocycles. The lowest BCUT2D eigenvalue weighted by molar-refractivity contribution is -0.275. The Labute approximate surface area is 137 Å². The van der Waals surface area contributed by atoms with Crippen molar-refractivity contribution in [3.63, 3.8) is 0 Å². The maximum atomic E-state index is 6.44. The number of piperidine rings is 1. The van der Waals surface area contributed by atoms with Crippen molar-refractivity contribution in [2.75, 3.05) is 20.3 Å². The van der Waals surface area contributed by atoms with Crippen LogP contribution in [0.1, 0.15) is 61.3 Å². The smallest absolute Gasteiger partial charge is 0.259 e. The molecule has 1 unspecified atom stereocenters. The predicted molar refractivity (Wildman–Crippen MR) is 90.4 cm³/mol. The van der Waals surface area contributed by atoms with Crippen LogP contribution in [0.25, 0.3) is 0 Å². The van der Waals surface area contributed by atoms with E-state index in [4.69, 9.17) is 13.9 Å². The minimum atomic E-state index is -0.947. The van der Waals surface area contributed by atoms with Crippen LogP contribution < -0.4 is 0 Å². The minimum Gasteiger partial charge on any atom is -0.321 e. The molecule has 0 amide bonds. The molecule has 0 aromatic rings. The van der Waals surface area contributed by atoms with E-state index in [2.05, 4.69) is 58.2 Å². The molecule has 0 aliphatic carbocycles. The number of hydroxylamine groups is 2. The predicted octanol–water partition coefficient (Wildman–Crippen LogP) is 3.94. The van der Waals surface area contributed by atoms with Gasteiger partial charge in [0.25, 0.3) is 8.53 Å². The van der Waals surface area contributed by atoms with Gasteiger partial charge in [0, 0.05) is 23.2 Å². The van der Waals surface area contributed by atoms with Gasteiger partial charge in [0.1, 0.15) is 0 Å². The van der Waals surface area contributed by atoms with Gasteiger partial charge in [0.05, 0.1) is 19.8 Å². The van der Waals surface area contributed by atoms with E-state index in [1.165, 1.54) is 0 Å². The highest BCUT2D eigenvalue weighted by atomic mass is 31.2. The average molecular weight is 332 g/mol. The van der Waals surface area contributed by atoms with Crippen LogP contribution in [0.4, 0.5) is 0 Å². The average Bonchev–Trinajstić information content (AvgIpc) is 2.73. The summed E-state index contributed by atoms with van der Waals surface area (Å²) in [6.07, 6.45) is 2.10. The van der Waals surface area contributed by atoms with Crippen LogP contribution in [0.3, 0.4) is 0 Å². The monoisotopic (exact) mass is 332 g/mol. The summed E-state index contributed by atoms with van der Waals surface area (Å²) in [6.45, 7) is 17.3. The van der Waals surface area contributed by atoms with Gasteiger partial charge in [-0.25, -0.2) is 4.67 Å². The Balaban J connectivity index is 2.08. The fourth-order valence-corrected chi connectivity index (χ4v) is 5.58. The standard InChI is InChI=1S/C16H33N2O3P/c1-14(2,3)17-9-10-20-22(17)21-13-11-15(4,5)18(19-8)16(6,7)12-13/h13H,9-12H2,1-8H3. The number of rotatable bonds is 3. The van der Waals surface area contributed by atoms with E-state index in [-0.39, 0.29) is 22.7 Å². The van der Waals surface area contributed by atoms with Crippen molar-refractivity contribution in [1.82, 2.24) is 9.73 Å². The van der Waals surface area contributed by atoms with E-state index < -0.39 is 8.53 Å². The molecule has 5 nitrogen and oxygen atoms in total. The number of hydrogen-bond donors (Lipinski definition) is 0. The normalized spacial score (nSPS) is 30.8. The molecule has 2 saturated heterocycles. The van der Waals surface area contributed by atoms with Crippen LogP contribution in [0, 0.1) is 0 Å². The Morgan fingerprint density at radius 3 is 2.09 bits per heavy atom. The highest BCUT2D eigenvalue weighted by Gasteiger charge is 2.48. The van der Waals surface area contributed by atoms with Crippen molar-refractivity contribution in [3.8, 4) is 0 Å². The summed E-state index contributed by atoms with van der Waals surface area (Å²) in [6, 6.07) is 0. The fourth-order valence-electron chi connectivity index (χ4n) is 3.89. The lowest BCUT2D eigenvalue weighted by atomic mass is 9.80. The summed E-state index contributed by atoms with van der Waals surface area (Å²) >= 11 is 0. The van der Waals surface area contributed by atoms with Gasteiger partial charge in [-0.2, -0.15) is 5.06 Å². The molecule has 0 radical (unpaired) electrons. The van der Waals surface area contributed by atoms with E-state index >= 15 is 0 Å². The molecule has 2 aliphatic heterocycles. The van der Waals surface area contributed by atoms with Crippen molar-refractivity contribution in [2.24, 2.45) is 0 Å². The summed E-state index contributed by atoms with van der Waals surface area (Å²) in [4.78, 5) is 5.66. The Morgan fingerprint density at radius 1 is 1.09 bits per heavy atom. The maximum absolute atomic E-state index is 6.44. The van der Waals surface area contributed by atoms with Gasteiger partial charge in [-0.3, -0.25) is 0 Å². The van der Waals surface area contributed by atoms with Gasteiger partial charge in [0.2, 0.25) is 0 Å². The van der Waals surface area contributed by atoms with Gasteiger partial charge in [-0.1, -0.05) is 0 Å². The van der Waals surface area contributed by atoms with Crippen LogP contribution in [0.2, 0.25) is 0 Å². The lowest BCUT2D eigenvalue weighted by Crippen LogP contribution is -2.61. The second kappa shape index (κ2) is 6.27. The zero-order chi connectivity index (χ0) is 16.8. The maximum Gasteiger partial charge on any atom is 0.259 e. The van der Waals surface area contributed by atoms with E-state index in [0.29, 0.717) is 0 Å². The summed E-state index contributed by atoms with van der Waals surface area (Å²) in [5.41, 5.74) is -0.0218. The van der Waals surface area contributed by atoms with Crippen molar-refractivity contribution >= 4 is 8.53 Å². The Hall–Kier alpha value is 0.230. The highest BCUT2D eigenvalue weighted by molar-refractivity contribution is 7.44. The van der Waals surface area contributed by atoms with Gasteiger partial charge in [0.15, 0.2) is 0 Å². The summed E-state index contributed by atoms with van der Waals surface area (Å²) in [7, 11) is 0.813. The van der Waals surface area contributed by atoms with Crippen LogP contribution in [-0.2, 0) is 13.9 Å². The molecular weight excluding hydrogens is 299 g/mol. The van der Waals surface area contributed by atoms with E-state index in [1.807, 2.05) is 0 Å². The number of nitrogens with zero attached hydrogens (tertiary/aromatic N) is 2.